The van der Waals surface area contributed by atoms with Gasteiger partial charge in [-0.15, -0.1) is 0 Å². The first-order valence-corrected chi connectivity index (χ1v) is 15.1. The lowest BCUT2D eigenvalue weighted by Crippen LogP contribution is -2.59. The largest absolute Gasteiger partial charge is 0.413 e. The van der Waals surface area contributed by atoms with E-state index < -0.39 is 8.32 Å². The molecule has 3 heteroatoms. The molecule has 0 aromatic rings. The Morgan fingerprint density at radius 1 is 1.07 bits per heavy atom. The fourth-order valence-corrected chi connectivity index (χ4v) is 9.02. The van der Waals surface area contributed by atoms with Crippen LogP contribution in [-0.4, -0.2) is 20.2 Å². The maximum absolute atomic E-state index is 12.8. The van der Waals surface area contributed by atoms with Crippen LogP contribution in [0.4, 0.5) is 0 Å². The lowest BCUT2D eigenvalue weighted by Gasteiger charge is -2.62. The van der Waals surface area contributed by atoms with Crippen molar-refractivity contribution in [2.75, 3.05) is 0 Å². The summed E-state index contributed by atoms with van der Waals surface area (Å²) in [5.74, 6) is 3.35. The summed E-state index contributed by atoms with van der Waals surface area (Å²) >= 11 is 0. The first-order valence-electron chi connectivity index (χ1n) is 12.2. The van der Waals surface area contributed by atoms with E-state index >= 15 is 0 Å². The summed E-state index contributed by atoms with van der Waals surface area (Å²) in [5, 5.41) is 0.172. The van der Waals surface area contributed by atoms with Gasteiger partial charge in [0.1, 0.15) is 0 Å². The van der Waals surface area contributed by atoms with Gasteiger partial charge in [-0.3, -0.25) is 4.79 Å². The van der Waals surface area contributed by atoms with Crippen LogP contribution in [-0.2, 0) is 9.22 Å². The molecule has 0 radical (unpaired) electrons. The van der Waals surface area contributed by atoms with E-state index in [0.29, 0.717) is 29.5 Å². The normalized spacial score (nSPS) is 45.3. The minimum atomic E-state index is -1.94. The number of hydrogen-bond donors (Lipinski definition) is 0. The first-order chi connectivity index (χ1) is 13.3. The van der Waals surface area contributed by atoms with Gasteiger partial charge in [-0.2, -0.15) is 0 Å². The monoisotopic (exact) mass is 416 g/mol. The average Bonchev–Trinajstić information content (AvgIpc) is 2.97. The first kappa shape index (κ1) is 21.8. The van der Waals surface area contributed by atoms with Crippen LogP contribution in [0.2, 0.25) is 18.1 Å². The van der Waals surface area contributed by atoms with Gasteiger partial charge < -0.3 is 4.43 Å². The molecule has 0 spiro atoms. The van der Waals surface area contributed by atoms with Gasteiger partial charge in [0, 0.05) is 11.8 Å². The topological polar surface area (TPSA) is 26.3 Å². The molecule has 7 atom stereocenters. The second kappa shape index (κ2) is 6.79. The van der Waals surface area contributed by atoms with E-state index in [0.717, 1.165) is 18.3 Å². The predicted molar refractivity (Wildman–Crippen MR) is 123 cm³/mol. The zero-order valence-corrected chi connectivity index (χ0v) is 21.2. The van der Waals surface area contributed by atoms with Crippen molar-refractivity contribution in [1.82, 2.24) is 0 Å². The summed E-state index contributed by atoms with van der Waals surface area (Å²) < 4.78 is 7.08. The van der Waals surface area contributed by atoms with Gasteiger partial charge >= 0.3 is 0 Å². The molecule has 0 heterocycles. The van der Waals surface area contributed by atoms with E-state index in [4.69, 9.17) is 4.43 Å². The summed E-state index contributed by atoms with van der Waals surface area (Å²) in [4.78, 5) is 12.8. The van der Waals surface area contributed by atoms with E-state index in [-0.39, 0.29) is 16.6 Å². The van der Waals surface area contributed by atoms with Gasteiger partial charge in [0.05, 0.1) is 6.10 Å². The van der Waals surface area contributed by atoms with Gasteiger partial charge in [0.15, 0.2) is 14.1 Å². The van der Waals surface area contributed by atoms with E-state index in [2.05, 4.69) is 54.6 Å². The highest BCUT2D eigenvalue weighted by atomic mass is 28.4. The smallest absolute Gasteiger partial charge is 0.192 e. The van der Waals surface area contributed by atoms with Crippen molar-refractivity contribution in [3.05, 3.63) is 11.6 Å². The number of carbonyl (C=O) groups excluding carboxylic acids is 1. The summed E-state index contributed by atoms with van der Waals surface area (Å²) in [7, 11) is -1.94. The van der Waals surface area contributed by atoms with Crippen LogP contribution >= 0.6 is 0 Å². The molecule has 0 aliphatic heterocycles. The molecular weight excluding hydrogens is 372 g/mol. The lowest BCUT2D eigenvalue weighted by molar-refractivity contribution is -0.128. The number of ketones is 1. The molecule has 2 nitrogen and oxygen atoms in total. The maximum atomic E-state index is 12.8. The molecule has 164 valence electrons. The fraction of sp³-hybridized carbons (Fsp3) is 0.885. The van der Waals surface area contributed by atoms with Crippen molar-refractivity contribution in [1.29, 1.82) is 0 Å². The van der Waals surface area contributed by atoms with Crippen LogP contribution in [0, 0.1) is 34.5 Å². The third-order valence-corrected chi connectivity index (χ3v) is 14.9. The Morgan fingerprint density at radius 2 is 1.76 bits per heavy atom. The molecule has 3 saturated carbocycles. The number of hydrogen-bond acceptors (Lipinski definition) is 2. The van der Waals surface area contributed by atoms with Crippen molar-refractivity contribution in [2.24, 2.45) is 34.5 Å². The third kappa shape index (κ3) is 3.25. The molecule has 3 fully saturated rings. The number of rotatable bonds is 2. The van der Waals surface area contributed by atoms with Gasteiger partial charge in [-0.25, -0.2) is 0 Å². The highest BCUT2D eigenvalue weighted by Crippen LogP contribution is 2.67. The number of carbonyl (C=O) groups is 1. The highest BCUT2D eigenvalue weighted by molar-refractivity contribution is 6.74. The van der Waals surface area contributed by atoms with Crippen LogP contribution in [0.5, 0.6) is 0 Å². The quantitative estimate of drug-likeness (QED) is 0.447. The Labute approximate surface area is 180 Å². The third-order valence-electron chi connectivity index (χ3n) is 10.4. The average molecular weight is 417 g/mol. The molecule has 0 aromatic carbocycles. The molecule has 4 aliphatic rings. The Bertz CT molecular complexity index is 717. The van der Waals surface area contributed by atoms with Crippen molar-refractivity contribution >= 4 is 14.1 Å². The van der Waals surface area contributed by atoms with Crippen molar-refractivity contribution < 1.29 is 9.22 Å². The van der Waals surface area contributed by atoms with E-state index in [1.165, 1.54) is 37.7 Å². The van der Waals surface area contributed by atoms with Crippen LogP contribution < -0.4 is 0 Å². The van der Waals surface area contributed by atoms with Gasteiger partial charge in [0.25, 0.3) is 0 Å². The van der Waals surface area contributed by atoms with E-state index in [9.17, 15) is 4.79 Å². The molecule has 0 amide bonds. The standard InChI is InChI=1S/C26H44O2Si/c1-17-14-18-15-19(27)16-22(28-29(7,8)24(2,3)4)26(18,6)21-11-13-25(5)12-9-10-20(25)23(17)21/h15,17,20-23H,9-14,16H2,1-8H3/t17-,20-,21-,22?,23-,25-,26-/m0/s1. The van der Waals surface area contributed by atoms with Crippen LogP contribution in [0.1, 0.15) is 86.5 Å². The van der Waals surface area contributed by atoms with Crippen LogP contribution in [0.15, 0.2) is 11.6 Å². The SMILES string of the molecule is C[C@H]1CC2=CC(=O)CC(O[Si](C)(C)C(C)(C)C)[C@]2(C)[C@H]2CC[C@]3(C)CCC[C@H]3[C@H]12. The maximum Gasteiger partial charge on any atom is 0.192 e. The second-order valence-corrected chi connectivity index (χ2v) is 17.8. The summed E-state index contributed by atoms with van der Waals surface area (Å²) in [6.45, 7) is 19.2. The zero-order valence-electron chi connectivity index (χ0n) is 20.2. The molecule has 0 bridgehead atoms. The van der Waals surface area contributed by atoms with E-state index in [1.54, 1.807) is 0 Å². The predicted octanol–water partition coefficient (Wildman–Crippen LogP) is 7.15. The summed E-state index contributed by atoms with van der Waals surface area (Å²) in [6, 6.07) is 0. The Kier molecular flexibility index (Phi) is 5.11. The molecule has 4 rings (SSSR count). The van der Waals surface area contributed by atoms with Crippen molar-refractivity contribution in [3.8, 4) is 0 Å². The molecule has 1 unspecified atom stereocenters. The highest BCUT2D eigenvalue weighted by Gasteiger charge is 2.61. The van der Waals surface area contributed by atoms with Crippen molar-refractivity contribution in [2.45, 2.75) is 111 Å². The molecule has 4 aliphatic carbocycles. The van der Waals surface area contributed by atoms with Crippen molar-refractivity contribution in [3.63, 3.8) is 0 Å². The summed E-state index contributed by atoms with van der Waals surface area (Å²) in [6.07, 6.45) is 10.8. The minimum absolute atomic E-state index is 0.0462. The minimum Gasteiger partial charge on any atom is -0.413 e. The van der Waals surface area contributed by atoms with Crippen LogP contribution in [0.3, 0.4) is 0 Å². The van der Waals surface area contributed by atoms with Gasteiger partial charge in [0.2, 0.25) is 0 Å². The van der Waals surface area contributed by atoms with Crippen LogP contribution in [0.25, 0.3) is 0 Å². The molecule has 0 aromatic heterocycles. The molecule has 29 heavy (non-hydrogen) atoms. The molecular formula is C26H44O2Si. The van der Waals surface area contributed by atoms with Gasteiger partial charge in [-0.05, 0) is 85.4 Å². The molecule has 0 N–H and O–H groups in total. The number of fused-ring (bicyclic) bond motifs is 5. The zero-order chi connectivity index (χ0) is 21.4. The van der Waals surface area contributed by atoms with E-state index in [1.807, 2.05) is 6.08 Å². The summed E-state index contributed by atoms with van der Waals surface area (Å²) in [5.41, 5.74) is 2.03. The molecule has 0 saturated heterocycles. The Balaban J connectivity index is 1.74. The van der Waals surface area contributed by atoms with Gasteiger partial charge in [-0.1, -0.05) is 53.5 Å². The Hall–Kier alpha value is -0.413. The second-order valence-electron chi connectivity index (χ2n) is 13.0. The fourth-order valence-electron chi connectivity index (χ4n) is 7.62. The Morgan fingerprint density at radius 3 is 2.41 bits per heavy atom. The lowest BCUT2D eigenvalue weighted by atomic mass is 9.45.